The Hall–Kier alpha value is -3.85. The fraction of sp³-hybridized carbons (Fsp3) is 0.269. The molecule has 3 aromatic rings. The fourth-order valence-electron chi connectivity index (χ4n) is 4.01. The van der Waals surface area contributed by atoms with Crippen LogP contribution in [0.1, 0.15) is 17.2 Å². The van der Waals surface area contributed by atoms with Gasteiger partial charge in [0.2, 0.25) is 11.9 Å². The Bertz CT molecular complexity index is 1060. The molecule has 0 aliphatic carbocycles. The highest BCUT2D eigenvalue weighted by molar-refractivity contribution is 5.40. The van der Waals surface area contributed by atoms with Crippen LogP contribution in [-0.4, -0.2) is 59.2 Å². The van der Waals surface area contributed by atoms with Gasteiger partial charge in [-0.15, -0.1) is 6.58 Å². The zero-order chi connectivity index (χ0) is 24.6. The van der Waals surface area contributed by atoms with E-state index >= 15 is 0 Å². The van der Waals surface area contributed by atoms with Gasteiger partial charge in [-0.1, -0.05) is 43.0 Å². The smallest absolute Gasteiger partial charge is 0.323 e. The molecule has 0 radical (unpaired) electrons. The zero-order valence-corrected chi connectivity index (χ0v) is 19.4. The maximum Gasteiger partial charge on any atom is 0.323 e. The van der Waals surface area contributed by atoms with E-state index in [9.17, 15) is 8.78 Å². The van der Waals surface area contributed by atoms with Crippen molar-refractivity contribution in [2.75, 3.05) is 49.5 Å². The second kappa shape index (κ2) is 11.5. The Morgan fingerprint density at radius 1 is 0.857 bits per heavy atom. The molecule has 9 heteroatoms. The number of ether oxygens (including phenoxy) is 1. The highest BCUT2D eigenvalue weighted by Gasteiger charge is 2.28. The summed E-state index contributed by atoms with van der Waals surface area (Å²) in [5, 5.41) is 3.09. The minimum Gasteiger partial charge on any atom is -0.459 e. The topological polar surface area (TPSA) is 66.4 Å². The van der Waals surface area contributed by atoms with E-state index in [2.05, 4.69) is 43.2 Å². The monoisotopic (exact) mass is 478 g/mol. The number of anilines is 2. The molecule has 1 aliphatic heterocycles. The van der Waals surface area contributed by atoms with Gasteiger partial charge in [0.1, 0.15) is 18.2 Å². The van der Waals surface area contributed by atoms with E-state index in [1.165, 1.54) is 24.3 Å². The number of hydrogen-bond donors (Lipinski definition) is 1. The first kappa shape index (κ1) is 24.3. The zero-order valence-electron chi connectivity index (χ0n) is 19.4. The van der Waals surface area contributed by atoms with Crippen LogP contribution >= 0.6 is 0 Å². The Morgan fingerprint density at radius 3 is 2.00 bits per heavy atom. The summed E-state index contributed by atoms with van der Waals surface area (Å²) in [4.78, 5) is 17.7. The predicted octanol–water partition coefficient (Wildman–Crippen LogP) is 4.22. The van der Waals surface area contributed by atoms with E-state index in [4.69, 9.17) is 4.74 Å². The molecule has 2 aromatic carbocycles. The summed E-state index contributed by atoms with van der Waals surface area (Å²) >= 11 is 0. The van der Waals surface area contributed by atoms with E-state index < -0.39 is 0 Å². The Balaban J connectivity index is 1.54. The van der Waals surface area contributed by atoms with Crippen molar-refractivity contribution in [3.05, 3.63) is 96.6 Å². The van der Waals surface area contributed by atoms with Crippen molar-refractivity contribution in [2.24, 2.45) is 0 Å². The largest absolute Gasteiger partial charge is 0.459 e. The van der Waals surface area contributed by atoms with Gasteiger partial charge in [-0.2, -0.15) is 15.0 Å². The van der Waals surface area contributed by atoms with Crippen LogP contribution in [0.5, 0.6) is 6.01 Å². The minimum absolute atomic E-state index is 0.131. The number of aromatic nitrogens is 3. The second-order valence-electron chi connectivity index (χ2n) is 8.04. The molecule has 0 spiro atoms. The van der Waals surface area contributed by atoms with Gasteiger partial charge in [0.05, 0.1) is 6.04 Å². The highest BCUT2D eigenvalue weighted by atomic mass is 19.1. The van der Waals surface area contributed by atoms with Crippen LogP contribution in [-0.2, 0) is 0 Å². The third-order valence-electron chi connectivity index (χ3n) is 5.67. The molecule has 1 aliphatic rings. The lowest BCUT2D eigenvalue weighted by atomic mass is 9.96. The number of nitrogens with zero attached hydrogens (tertiary/aromatic N) is 5. The van der Waals surface area contributed by atoms with E-state index in [1.54, 1.807) is 36.4 Å². The van der Waals surface area contributed by atoms with Crippen LogP contribution in [0.3, 0.4) is 0 Å². The molecule has 4 rings (SSSR count). The maximum atomic E-state index is 13.6. The molecule has 7 nitrogen and oxygen atoms in total. The van der Waals surface area contributed by atoms with Gasteiger partial charge in [-0.3, -0.25) is 4.90 Å². The van der Waals surface area contributed by atoms with E-state index in [-0.39, 0.29) is 30.3 Å². The lowest BCUT2D eigenvalue weighted by molar-refractivity contribution is 0.211. The van der Waals surface area contributed by atoms with Crippen molar-refractivity contribution >= 4 is 11.9 Å². The molecule has 182 valence electrons. The first-order valence-electron chi connectivity index (χ1n) is 11.4. The first-order valence-corrected chi connectivity index (χ1v) is 11.4. The van der Waals surface area contributed by atoms with Crippen LogP contribution in [0.4, 0.5) is 20.7 Å². The van der Waals surface area contributed by atoms with E-state index in [0.29, 0.717) is 44.6 Å². The summed E-state index contributed by atoms with van der Waals surface area (Å²) in [6.07, 6.45) is 3.35. The standard InChI is InChI=1S/C26H28F2N6O/c1-3-13-29-24-30-25(32-26(31-24)35-18-4-2)34-16-14-33(15-17-34)23(19-5-9-21(27)10-6-19)20-7-11-22(28)12-8-20/h3-12,23H,1-2,13-18H2,(H,29,30,31,32). The average molecular weight is 479 g/mol. The summed E-state index contributed by atoms with van der Waals surface area (Å²) in [6.45, 7) is 10.9. The molecule has 0 atom stereocenters. The minimum atomic E-state index is -0.290. The van der Waals surface area contributed by atoms with Crippen molar-refractivity contribution in [3.63, 3.8) is 0 Å². The third kappa shape index (κ3) is 6.19. The number of rotatable bonds is 10. The van der Waals surface area contributed by atoms with E-state index in [1.807, 2.05) is 0 Å². The summed E-state index contributed by atoms with van der Waals surface area (Å²) < 4.78 is 32.7. The average Bonchev–Trinajstić information content (AvgIpc) is 2.89. The molecular formula is C26H28F2N6O. The quantitative estimate of drug-likeness (QED) is 0.438. The first-order chi connectivity index (χ1) is 17.1. The summed E-state index contributed by atoms with van der Waals surface area (Å²) in [5.41, 5.74) is 1.89. The number of nitrogens with one attached hydrogen (secondary N) is 1. The molecule has 35 heavy (non-hydrogen) atoms. The van der Waals surface area contributed by atoms with E-state index in [0.717, 1.165) is 11.1 Å². The molecule has 0 unspecified atom stereocenters. The van der Waals surface area contributed by atoms with Gasteiger partial charge in [0.25, 0.3) is 0 Å². The van der Waals surface area contributed by atoms with Crippen molar-refractivity contribution in [2.45, 2.75) is 6.04 Å². The second-order valence-corrected chi connectivity index (χ2v) is 8.04. The van der Waals surface area contributed by atoms with Crippen LogP contribution < -0.4 is 15.0 Å². The Labute approximate surface area is 203 Å². The molecule has 1 fully saturated rings. The van der Waals surface area contributed by atoms with Crippen molar-refractivity contribution in [1.29, 1.82) is 0 Å². The van der Waals surface area contributed by atoms with Crippen LogP contribution in [0, 0.1) is 11.6 Å². The lowest BCUT2D eigenvalue weighted by Gasteiger charge is -2.39. The van der Waals surface area contributed by atoms with Crippen molar-refractivity contribution in [3.8, 4) is 6.01 Å². The molecular weight excluding hydrogens is 450 g/mol. The number of piperazine rings is 1. The normalized spacial score (nSPS) is 14.1. The number of halogens is 2. The Morgan fingerprint density at radius 2 is 1.46 bits per heavy atom. The highest BCUT2D eigenvalue weighted by Crippen LogP contribution is 2.30. The van der Waals surface area contributed by atoms with Gasteiger partial charge >= 0.3 is 6.01 Å². The summed E-state index contributed by atoms with van der Waals surface area (Å²) in [5.74, 6) is 0.348. The third-order valence-corrected chi connectivity index (χ3v) is 5.67. The molecule has 1 aromatic heterocycles. The van der Waals surface area contributed by atoms with Gasteiger partial charge < -0.3 is 15.0 Å². The van der Waals surface area contributed by atoms with Gasteiger partial charge in [0, 0.05) is 32.7 Å². The molecule has 1 N–H and O–H groups in total. The van der Waals surface area contributed by atoms with Crippen molar-refractivity contribution < 1.29 is 13.5 Å². The molecule has 0 saturated carbocycles. The number of hydrogen-bond acceptors (Lipinski definition) is 7. The summed E-state index contributed by atoms with van der Waals surface area (Å²) in [7, 11) is 0. The molecule has 0 amide bonds. The maximum absolute atomic E-state index is 13.6. The Kier molecular flexibility index (Phi) is 7.99. The number of benzene rings is 2. The van der Waals surface area contributed by atoms with Crippen molar-refractivity contribution in [1.82, 2.24) is 19.9 Å². The van der Waals surface area contributed by atoms with Crippen LogP contribution in [0.25, 0.3) is 0 Å². The SMILES string of the molecule is C=CCNc1nc(OCC=C)nc(N2CCN(C(c3ccc(F)cc3)c3ccc(F)cc3)CC2)n1. The lowest BCUT2D eigenvalue weighted by Crippen LogP contribution is -2.48. The molecule has 1 saturated heterocycles. The van der Waals surface area contributed by atoms with Gasteiger partial charge in [-0.05, 0) is 35.4 Å². The molecule has 2 heterocycles. The van der Waals surface area contributed by atoms with Gasteiger partial charge in [-0.25, -0.2) is 8.78 Å². The van der Waals surface area contributed by atoms with Crippen LogP contribution in [0.2, 0.25) is 0 Å². The molecule has 0 bridgehead atoms. The van der Waals surface area contributed by atoms with Gasteiger partial charge in [0.15, 0.2) is 0 Å². The fourth-order valence-corrected chi connectivity index (χ4v) is 4.01. The van der Waals surface area contributed by atoms with Crippen LogP contribution in [0.15, 0.2) is 73.8 Å². The predicted molar refractivity (Wildman–Crippen MR) is 133 cm³/mol. The summed E-state index contributed by atoms with van der Waals surface area (Å²) in [6, 6.07) is 13.0.